The van der Waals surface area contributed by atoms with Gasteiger partial charge >= 0.3 is 0 Å². The zero-order valence-corrected chi connectivity index (χ0v) is 33.8. The second-order valence-corrected chi connectivity index (χ2v) is 17.7. The summed E-state index contributed by atoms with van der Waals surface area (Å²) >= 11 is 0. The molecule has 0 N–H and O–H groups in total. The number of halogens is 2. The minimum Gasteiger partial charge on any atom is -0.269 e. The van der Waals surface area contributed by atoms with Gasteiger partial charge in [-0.15, -0.1) is 0 Å². The molecule has 0 saturated heterocycles. The molecule has 0 atom stereocenters. The van der Waals surface area contributed by atoms with Gasteiger partial charge in [0.15, 0.2) is 0 Å². The van der Waals surface area contributed by atoms with Gasteiger partial charge in [0.2, 0.25) is 0 Å². The van der Waals surface area contributed by atoms with Crippen LogP contribution in [0.15, 0.2) is 170 Å². The number of benzene rings is 8. The van der Waals surface area contributed by atoms with E-state index in [1.807, 2.05) is 0 Å². The fourth-order valence-electron chi connectivity index (χ4n) is 7.05. The molecule has 0 nitrogen and oxygen atoms in total. The van der Waals surface area contributed by atoms with Gasteiger partial charge in [-0.3, -0.25) is 9.41 Å². The zero-order chi connectivity index (χ0) is 34.2. The van der Waals surface area contributed by atoms with Crippen molar-refractivity contribution in [1.29, 1.82) is 0 Å². The van der Waals surface area contributed by atoms with Gasteiger partial charge in [0.05, 0.1) is 0 Å². The predicted molar refractivity (Wildman–Crippen MR) is 228 cm³/mol. The number of rotatable bonds is 7. The Morgan fingerprint density at radius 3 is 0.849 bits per heavy atom. The van der Waals surface area contributed by atoms with E-state index in [2.05, 4.69) is 198 Å². The van der Waals surface area contributed by atoms with Crippen LogP contribution in [0.25, 0.3) is 32.7 Å². The Kier molecular flexibility index (Phi) is 12.9. The van der Waals surface area contributed by atoms with Gasteiger partial charge in [0, 0.05) is 19.5 Å². The van der Waals surface area contributed by atoms with Crippen LogP contribution in [0.2, 0.25) is 0 Å². The van der Waals surface area contributed by atoms with Gasteiger partial charge in [-0.25, -0.2) is 0 Å². The Labute approximate surface area is 327 Å². The van der Waals surface area contributed by atoms with Crippen LogP contribution in [0.5, 0.6) is 0 Å². The Balaban J connectivity index is 0.00000180. The molecule has 5 heteroatoms. The third-order valence-corrected chi connectivity index (χ3v) is 14.7. The minimum absolute atomic E-state index is 0. The molecule has 0 radical (unpaired) electrons. The molecule has 0 heterocycles. The average Bonchev–Trinajstić information content (AvgIpc) is 3.15. The fraction of sp³-hybridized carbons (Fsp3) is 0.0833. The van der Waals surface area contributed by atoms with Gasteiger partial charge in [0.1, 0.15) is 0 Å². The summed E-state index contributed by atoms with van der Waals surface area (Å²) < 4.78 is 0. The van der Waals surface area contributed by atoms with Crippen molar-refractivity contribution < 1.29 is 28.9 Å². The first-order chi connectivity index (χ1) is 24.4. The van der Waals surface area contributed by atoms with Crippen molar-refractivity contribution in [2.75, 3.05) is 0 Å². The molecule has 0 amide bonds. The van der Waals surface area contributed by atoms with Crippen molar-refractivity contribution >= 4 is 69.2 Å². The van der Waals surface area contributed by atoms with Crippen LogP contribution >= 0.6 is 15.8 Å². The Hall–Kier alpha value is -4.38. The molecule has 8 rings (SSSR count). The third-order valence-electron chi connectivity index (χ3n) is 9.71. The molecular weight excluding hydrogens is 778 g/mol. The Bertz CT molecular complexity index is 2190. The molecule has 8 aromatic carbocycles. The maximum absolute atomic E-state index is 2.44. The molecule has 0 aromatic heterocycles. The van der Waals surface area contributed by atoms with Crippen LogP contribution in [0, 0.1) is 27.7 Å². The van der Waals surface area contributed by atoms with Crippen molar-refractivity contribution in [3.63, 3.8) is 0 Å². The smallest absolute Gasteiger partial charge is 0 e. The number of hydrogen-bond donors (Lipinski definition) is 0. The van der Waals surface area contributed by atoms with Gasteiger partial charge in [-0.05, 0) is 108 Å². The molecule has 0 bridgehead atoms. The van der Waals surface area contributed by atoms with E-state index < -0.39 is 15.8 Å². The molecule has 0 fully saturated rings. The summed E-state index contributed by atoms with van der Waals surface area (Å²) in [5, 5.41) is 13.4. The molecule has 0 saturated carbocycles. The molecular formula is C48H42F2P2Ru. The van der Waals surface area contributed by atoms with Gasteiger partial charge in [0.25, 0.3) is 0 Å². The zero-order valence-electron chi connectivity index (χ0n) is 30.2. The first kappa shape index (κ1) is 39.8. The fourth-order valence-corrected chi connectivity index (χ4v) is 11.9. The Morgan fingerprint density at radius 2 is 0.566 bits per heavy atom. The quantitative estimate of drug-likeness (QED) is 0.111. The summed E-state index contributed by atoms with van der Waals surface area (Å²) in [7, 11) is -1.77. The summed E-state index contributed by atoms with van der Waals surface area (Å²) in [6, 6.07) is 64.6. The SMILES string of the molecule is Cc1ccc(P(c2ccc(C)cc2)c2ccc3ccccc3c2-c2c(P(c3ccc(C)cc3)c3ccc(C)cc3)ccc3ccccc23)cc1.F.F.[Ru]. The first-order valence-corrected chi connectivity index (χ1v) is 20.0. The summed E-state index contributed by atoms with van der Waals surface area (Å²) in [5.41, 5.74) is 7.84. The maximum Gasteiger partial charge on any atom is 0 e. The van der Waals surface area contributed by atoms with Crippen molar-refractivity contribution in [3.8, 4) is 11.1 Å². The third kappa shape index (κ3) is 7.96. The van der Waals surface area contributed by atoms with Crippen LogP contribution in [0.1, 0.15) is 22.3 Å². The largest absolute Gasteiger partial charge is 0.269 e. The molecule has 0 spiro atoms. The van der Waals surface area contributed by atoms with Crippen molar-refractivity contribution in [3.05, 3.63) is 192 Å². The van der Waals surface area contributed by atoms with Crippen LogP contribution in [-0.2, 0) is 19.5 Å². The molecule has 0 aliphatic carbocycles. The molecule has 8 aromatic rings. The topological polar surface area (TPSA) is 0 Å². The van der Waals surface area contributed by atoms with E-state index in [1.54, 1.807) is 0 Å². The van der Waals surface area contributed by atoms with Crippen LogP contribution in [0.4, 0.5) is 9.41 Å². The van der Waals surface area contributed by atoms with E-state index >= 15 is 0 Å². The van der Waals surface area contributed by atoms with Gasteiger partial charge in [-0.1, -0.05) is 192 Å². The van der Waals surface area contributed by atoms with Gasteiger partial charge < -0.3 is 0 Å². The number of aryl methyl sites for hydroxylation is 4. The van der Waals surface area contributed by atoms with E-state index in [1.165, 1.54) is 86.8 Å². The van der Waals surface area contributed by atoms with Crippen LogP contribution in [-0.4, -0.2) is 0 Å². The number of fused-ring (bicyclic) bond motifs is 2. The van der Waals surface area contributed by atoms with E-state index in [4.69, 9.17) is 0 Å². The molecule has 0 unspecified atom stereocenters. The van der Waals surface area contributed by atoms with Crippen molar-refractivity contribution in [2.45, 2.75) is 27.7 Å². The van der Waals surface area contributed by atoms with Crippen molar-refractivity contribution in [1.82, 2.24) is 0 Å². The second kappa shape index (κ2) is 17.2. The normalized spacial score (nSPS) is 10.9. The number of hydrogen-bond acceptors (Lipinski definition) is 0. The average molecular weight is 820 g/mol. The Morgan fingerprint density at radius 1 is 0.302 bits per heavy atom. The summed E-state index contributed by atoms with van der Waals surface area (Å²) in [5.74, 6) is 0. The summed E-state index contributed by atoms with van der Waals surface area (Å²) in [6.07, 6.45) is 0. The van der Waals surface area contributed by atoms with Crippen LogP contribution in [0.3, 0.4) is 0 Å². The maximum atomic E-state index is 2.44. The molecule has 0 aliphatic rings. The van der Waals surface area contributed by atoms with Crippen molar-refractivity contribution in [2.24, 2.45) is 0 Å². The molecule has 53 heavy (non-hydrogen) atoms. The van der Waals surface area contributed by atoms with E-state index in [9.17, 15) is 0 Å². The standard InChI is InChI=1S/C48H40P2.2FH.Ru/c1-33-13-23-39(24-14-33)49(40-25-15-34(2)16-26-40)45-31-21-37-9-5-7-11-43(37)47(45)48-44-12-8-6-10-38(44)22-32-46(48)50(41-27-17-35(3)18-28-41)42-29-19-36(4)20-30-42;;;/h5-32H,1-4H3;2*1H;. The van der Waals surface area contributed by atoms with Crippen LogP contribution < -0.4 is 31.8 Å². The molecule has 0 aliphatic heterocycles. The first-order valence-electron chi connectivity index (χ1n) is 17.4. The van der Waals surface area contributed by atoms with E-state index in [-0.39, 0.29) is 28.9 Å². The summed E-state index contributed by atoms with van der Waals surface area (Å²) in [6.45, 7) is 8.72. The predicted octanol–water partition coefficient (Wildman–Crippen LogP) is 10.7. The monoisotopic (exact) mass is 820 g/mol. The van der Waals surface area contributed by atoms with E-state index in [0.717, 1.165) is 0 Å². The van der Waals surface area contributed by atoms with Gasteiger partial charge in [-0.2, -0.15) is 0 Å². The second-order valence-electron chi connectivity index (χ2n) is 13.4. The minimum atomic E-state index is -0.885. The van der Waals surface area contributed by atoms with E-state index in [0.29, 0.717) is 0 Å². The molecule has 266 valence electrons. The summed E-state index contributed by atoms with van der Waals surface area (Å²) in [4.78, 5) is 0.